The van der Waals surface area contributed by atoms with Gasteiger partial charge in [0.05, 0.1) is 0 Å². The highest BCUT2D eigenvalue weighted by atomic mass is 79.9. The summed E-state index contributed by atoms with van der Waals surface area (Å²) >= 11 is 3.53. The van der Waals surface area contributed by atoms with E-state index in [1.54, 1.807) is 0 Å². The first-order valence-electron chi connectivity index (χ1n) is 6.70. The SMILES string of the molecule is CCNC(c1ccc2cc(Br)ccc2c1)C1CC1. The molecule has 1 aliphatic rings. The van der Waals surface area contributed by atoms with E-state index in [2.05, 4.69) is 64.6 Å². The third-order valence-electron chi connectivity index (χ3n) is 3.70. The van der Waals surface area contributed by atoms with Crippen LogP contribution in [0.4, 0.5) is 0 Å². The molecule has 0 spiro atoms. The van der Waals surface area contributed by atoms with Crippen LogP contribution in [0, 0.1) is 5.92 Å². The second-order valence-electron chi connectivity index (χ2n) is 5.12. The van der Waals surface area contributed by atoms with E-state index in [0.717, 1.165) is 16.9 Å². The molecule has 0 aliphatic heterocycles. The predicted molar refractivity (Wildman–Crippen MR) is 80.8 cm³/mol. The maximum atomic E-state index is 3.63. The molecule has 0 saturated heterocycles. The Hall–Kier alpha value is -0.860. The molecule has 1 nitrogen and oxygen atoms in total. The Morgan fingerprint density at radius 1 is 1.17 bits per heavy atom. The highest BCUT2D eigenvalue weighted by Gasteiger charge is 2.31. The fourth-order valence-corrected chi connectivity index (χ4v) is 3.01. The Kier molecular flexibility index (Phi) is 3.40. The van der Waals surface area contributed by atoms with Crippen LogP contribution in [0.5, 0.6) is 0 Å². The maximum Gasteiger partial charge on any atom is 0.0348 e. The molecule has 2 aromatic rings. The summed E-state index contributed by atoms with van der Waals surface area (Å²) in [5, 5.41) is 6.27. The lowest BCUT2D eigenvalue weighted by Crippen LogP contribution is -2.22. The first-order valence-corrected chi connectivity index (χ1v) is 7.50. The van der Waals surface area contributed by atoms with Gasteiger partial charge in [-0.15, -0.1) is 0 Å². The van der Waals surface area contributed by atoms with Gasteiger partial charge in [-0.2, -0.15) is 0 Å². The minimum absolute atomic E-state index is 0.544. The van der Waals surface area contributed by atoms with Crippen LogP contribution in [-0.2, 0) is 0 Å². The largest absolute Gasteiger partial charge is 0.310 e. The van der Waals surface area contributed by atoms with E-state index in [4.69, 9.17) is 0 Å². The van der Waals surface area contributed by atoms with Crippen LogP contribution in [0.15, 0.2) is 40.9 Å². The number of rotatable bonds is 4. The summed E-state index contributed by atoms with van der Waals surface area (Å²) in [6.07, 6.45) is 2.74. The van der Waals surface area contributed by atoms with Crippen LogP contribution in [0.2, 0.25) is 0 Å². The molecule has 0 heterocycles. The normalized spacial score (nSPS) is 17.0. The second-order valence-corrected chi connectivity index (χ2v) is 6.04. The zero-order valence-corrected chi connectivity index (χ0v) is 12.2. The number of benzene rings is 2. The van der Waals surface area contributed by atoms with Crippen molar-refractivity contribution in [3.05, 3.63) is 46.4 Å². The van der Waals surface area contributed by atoms with E-state index in [1.807, 2.05) is 0 Å². The Morgan fingerprint density at radius 2 is 1.89 bits per heavy atom. The third kappa shape index (κ3) is 2.45. The monoisotopic (exact) mass is 303 g/mol. The quantitative estimate of drug-likeness (QED) is 0.866. The van der Waals surface area contributed by atoms with Gasteiger partial charge in [0.2, 0.25) is 0 Å². The summed E-state index contributed by atoms with van der Waals surface area (Å²) < 4.78 is 1.15. The van der Waals surface area contributed by atoms with Gasteiger partial charge in [0.1, 0.15) is 0 Å². The fraction of sp³-hybridized carbons (Fsp3) is 0.375. The lowest BCUT2D eigenvalue weighted by molar-refractivity contribution is 0.496. The van der Waals surface area contributed by atoms with Gasteiger partial charge < -0.3 is 5.32 Å². The van der Waals surface area contributed by atoms with Crippen molar-refractivity contribution in [1.29, 1.82) is 0 Å². The lowest BCUT2D eigenvalue weighted by atomic mass is 9.99. The number of fused-ring (bicyclic) bond motifs is 1. The van der Waals surface area contributed by atoms with Crippen molar-refractivity contribution in [1.82, 2.24) is 5.32 Å². The number of hydrogen-bond acceptors (Lipinski definition) is 1. The number of hydrogen-bond donors (Lipinski definition) is 1. The summed E-state index contributed by atoms with van der Waals surface area (Å²) in [7, 11) is 0. The Balaban J connectivity index is 1.98. The molecule has 1 aliphatic carbocycles. The standard InChI is InChI=1S/C16H18BrN/c1-2-18-16(11-3-4-11)14-6-5-13-10-15(17)8-7-12(13)9-14/h5-11,16,18H,2-4H2,1H3. The van der Waals surface area contributed by atoms with Gasteiger partial charge in [-0.1, -0.05) is 41.1 Å². The molecule has 2 aromatic carbocycles. The highest BCUT2D eigenvalue weighted by Crippen LogP contribution is 2.41. The molecule has 1 unspecified atom stereocenters. The van der Waals surface area contributed by atoms with Gasteiger partial charge in [0.15, 0.2) is 0 Å². The van der Waals surface area contributed by atoms with Crippen molar-refractivity contribution in [2.75, 3.05) is 6.54 Å². The third-order valence-corrected chi connectivity index (χ3v) is 4.20. The van der Waals surface area contributed by atoms with Crippen molar-refractivity contribution in [2.45, 2.75) is 25.8 Å². The second kappa shape index (κ2) is 5.02. The molecule has 1 N–H and O–H groups in total. The summed E-state index contributed by atoms with van der Waals surface area (Å²) in [6.45, 7) is 3.23. The molecule has 94 valence electrons. The molecule has 2 heteroatoms. The van der Waals surface area contributed by atoms with Gasteiger partial charge in [0, 0.05) is 10.5 Å². The van der Waals surface area contributed by atoms with Crippen LogP contribution in [0.1, 0.15) is 31.4 Å². The highest BCUT2D eigenvalue weighted by molar-refractivity contribution is 9.10. The topological polar surface area (TPSA) is 12.0 Å². The van der Waals surface area contributed by atoms with Gasteiger partial charge in [0.25, 0.3) is 0 Å². The molecule has 1 saturated carbocycles. The Bertz CT molecular complexity index is 560. The van der Waals surface area contributed by atoms with Crippen LogP contribution in [0.25, 0.3) is 10.8 Å². The average molecular weight is 304 g/mol. The summed E-state index contributed by atoms with van der Waals surface area (Å²) in [6, 6.07) is 13.9. The van der Waals surface area contributed by atoms with Crippen LogP contribution < -0.4 is 5.32 Å². The minimum Gasteiger partial charge on any atom is -0.310 e. The zero-order valence-electron chi connectivity index (χ0n) is 10.6. The molecular weight excluding hydrogens is 286 g/mol. The smallest absolute Gasteiger partial charge is 0.0348 e. The Morgan fingerprint density at radius 3 is 2.61 bits per heavy atom. The van der Waals surface area contributed by atoms with Crippen molar-refractivity contribution in [2.24, 2.45) is 5.92 Å². The van der Waals surface area contributed by atoms with Crippen molar-refractivity contribution >= 4 is 26.7 Å². The van der Waals surface area contributed by atoms with Crippen molar-refractivity contribution in [3.63, 3.8) is 0 Å². The van der Waals surface area contributed by atoms with E-state index < -0.39 is 0 Å². The van der Waals surface area contributed by atoms with E-state index in [-0.39, 0.29) is 0 Å². The summed E-state index contributed by atoms with van der Waals surface area (Å²) in [5.41, 5.74) is 1.44. The first-order chi connectivity index (χ1) is 8.78. The Labute approximate surface area is 117 Å². The first kappa shape index (κ1) is 12.2. The van der Waals surface area contributed by atoms with Crippen LogP contribution >= 0.6 is 15.9 Å². The molecule has 0 amide bonds. The van der Waals surface area contributed by atoms with Crippen molar-refractivity contribution in [3.8, 4) is 0 Å². The number of halogens is 1. The van der Waals surface area contributed by atoms with Crippen LogP contribution in [0.3, 0.4) is 0 Å². The predicted octanol–water partition coefficient (Wildman–Crippen LogP) is 4.66. The lowest BCUT2D eigenvalue weighted by Gasteiger charge is -2.18. The molecule has 3 rings (SSSR count). The van der Waals surface area contributed by atoms with Gasteiger partial charge in [-0.3, -0.25) is 0 Å². The van der Waals surface area contributed by atoms with E-state index in [9.17, 15) is 0 Å². The van der Waals surface area contributed by atoms with E-state index in [1.165, 1.54) is 29.2 Å². The minimum atomic E-state index is 0.544. The molecule has 1 fully saturated rings. The summed E-state index contributed by atoms with van der Waals surface area (Å²) in [4.78, 5) is 0. The maximum absolute atomic E-state index is 3.63. The van der Waals surface area contributed by atoms with Gasteiger partial charge in [-0.05, 0) is 59.8 Å². The van der Waals surface area contributed by atoms with Crippen molar-refractivity contribution < 1.29 is 0 Å². The fourth-order valence-electron chi connectivity index (χ4n) is 2.63. The number of nitrogens with one attached hydrogen (secondary N) is 1. The van der Waals surface area contributed by atoms with Gasteiger partial charge >= 0.3 is 0 Å². The zero-order chi connectivity index (χ0) is 12.5. The molecular formula is C16H18BrN. The molecule has 0 aromatic heterocycles. The van der Waals surface area contributed by atoms with Gasteiger partial charge in [-0.25, -0.2) is 0 Å². The molecule has 18 heavy (non-hydrogen) atoms. The van der Waals surface area contributed by atoms with Crippen LogP contribution in [-0.4, -0.2) is 6.54 Å². The average Bonchev–Trinajstić information content (AvgIpc) is 3.20. The summed E-state index contributed by atoms with van der Waals surface area (Å²) in [5.74, 6) is 0.845. The van der Waals surface area contributed by atoms with E-state index >= 15 is 0 Å². The molecule has 1 atom stereocenters. The molecule has 0 radical (unpaired) electrons. The van der Waals surface area contributed by atoms with E-state index in [0.29, 0.717) is 6.04 Å². The molecule has 0 bridgehead atoms.